The number of hydrogen-bond acceptors (Lipinski definition) is 3. The molecule has 0 aliphatic rings. The Kier molecular flexibility index (Phi) is 4.65. The van der Waals surface area contributed by atoms with Gasteiger partial charge in [0, 0.05) is 10.6 Å². The first-order valence-corrected chi connectivity index (χ1v) is 6.56. The average molecular weight is 330 g/mol. The van der Waals surface area contributed by atoms with Gasteiger partial charge in [-0.3, -0.25) is 4.79 Å². The molecule has 2 rings (SSSR count). The molecule has 0 bridgehead atoms. The first-order chi connectivity index (χ1) is 9.51. The number of aldehydes is 1. The lowest BCUT2D eigenvalue weighted by Gasteiger charge is -2.08. The highest BCUT2D eigenvalue weighted by molar-refractivity contribution is 6.35. The molecule has 0 fully saturated rings. The van der Waals surface area contributed by atoms with Crippen molar-refractivity contribution >= 4 is 47.1 Å². The number of esters is 1. The fraction of sp³-hybridized carbons (Fsp3) is 0. The Morgan fingerprint density at radius 1 is 1.00 bits per heavy atom. The molecule has 0 atom stereocenters. The van der Waals surface area contributed by atoms with Crippen LogP contribution < -0.4 is 4.74 Å². The molecule has 0 amide bonds. The third kappa shape index (κ3) is 3.31. The van der Waals surface area contributed by atoms with Crippen molar-refractivity contribution in [1.82, 2.24) is 0 Å². The lowest BCUT2D eigenvalue weighted by Crippen LogP contribution is -2.09. The minimum atomic E-state index is -0.682. The second-order valence-electron chi connectivity index (χ2n) is 3.82. The number of rotatable bonds is 3. The Morgan fingerprint density at radius 2 is 1.75 bits per heavy atom. The van der Waals surface area contributed by atoms with E-state index in [0.717, 1.165) is 0 Å². The topological polar surface area (TPSA) is 43.4 Å². The lowest BCUT2D eigenvalue weighted by atomic mass is 10.2. The summed E-state index contributed by atoms with van der Waals surface area (Å²) in [4.78, 5) is 22.6. The Balaban J connectivity index is 2.28. The van der Waals surface area contributed by atoms with E-state index in [4.69, 9.17) is 39.5 Å². The molecule has 0 saturated carbocycles. The number of benzene rings is 2. The van der Waals surface area contributed by atoms with Crippen LogP contribution in [0.15, 0.2) is 36.4 Å². The van der Waals surface area contributed by atoms with Crippen LogP contribution >= 0.6 is 34.8 Å². The van der Waals surface area contributed by atoms with Crippen LogP contribution in [0.25, 0.3) is 0 Å². The molecule has 0 radical (unpaired) electrons. The van der Waals surface area contributed by atoms with E-state index in [1.807, 2.05) is 0 Å². The summed E-state index contributed by atoms with van der Waals surface area (Å²) in [5.41, 5.74) is 0.519. The molecule has 0 aromatic heterocycles. The van der Waals surface area contributed by atoms with Gasteiger partial charge in [-0.05, 0) is 36.4 Å². The van der Waals surface area contributed by atoms with Crippen LogP contribution in [-0.4, -0.2) is 12.3 Å². The molecule has 0 N–H and O–H groups in total. The van der Waals surface area contributed by atoms with Crippen LogP contribution in [0.1, 0.15) is 20.7 Å². The minimum absolute atomic E-state index is 0.134. The molecular weight excluding hydrogens is 323 g/mol. The average Bonchev–Trinajstić information content (AvgIpc) is 2.43. The van der Waals surface area contributed by atoms with E-state index < -0.39 is 5.97 Å². The summed E-state index contributed by atoms with van der Waals surface area (Å²) in [5, 5.41) is 0.741. The highest BCUT2D eigenvalue weighted by Gasteiger charge is 2.15. The predicted molar refractivity (Wildman–Crippen MR) is 78.3 cm³/mol. The summed E-state index contributed by atoms with van der Waals surface area (Å²) in [6.07, 6.45) is 0.644. The molecule has 20 heavy (non-hydrogen) atoms. The third-order valence-electron chi connectivity index (χ3n) is 2.44. The van der Waals surface area contributed by atoms with Crippen molar-refractivity contribution < 1.29 is 14.3 Å². The van der Waals surface area contributed by atoms with Crippen LogP contribution in [0, 0.1) is 0 Å². The normalized spacial score (nSPS) is 10.2. The molecule has 0 aliphatic heterocycles. The summed E-state index contributed by atoms with van der Waals surface area (Å²) < 4.78 is 5.14. The van der Waals surface area contributed by atoms with Gasteiger partial charge in [0.1, 0.15) is 12.0 Å². The van der Waals surface area contributed by atoms with Crippen molar-refractivity contribution in [2.24, 2.45) is 0 Å². The van der Waals surface area contributed by atoms with Gasteiger partial charge in [0.15, 0.2) is 0 Å². The summed E-state index contributed by atoms with van der Waals surface area (Å²) in [7, 11) is 0. The SMILES string of the molecule is O=Cc1ccc(OC(=O)c2cc(Cl)ccc2Cl)c(Cl)c1. The van der Waals surface area contributed by atoms with Crippen LogP contribution in [0.5, 0.6) is 5.75 Å². The van der Waals surface area contributed by atoms with E-state index in [2.05, 4.69) is 0 Å². The van der Waals surface area contributed by atoms with Crippen molar-refractivity contribution in [3.63, 3.8) is 0 Å². The number of carbonyl (C=O) groups is 2. The molecular formula is C14H7Cl3O3. The summed E-state index contributed by atoms with van der Waals surface area (Å²) in [5.74, 6) is -0.545. The number of carbonyl (C=O) groups excluding carboxylic acids is 2. The minimum Gasteiger partial charge on any atom is -0.421 e. The molecule has 102 valence electrons. The van der Waals surface area contributed by atoms with Gasteiger partial charge in [-0.1, -0.05) is 34.8 Å². The second-order valence-corrected chi connectivity index (χ2v) is 5.07. The van der Waals surface area contributed by atoms with Gasteiger partial charge < -0.3 is 4.74 Å². The van der Waals surface area contributed by atoms with Crippen molar-refractivity contribution in [3.8, 4) is 5.75 Å². The van der Waals surface area contributed by atoms with E-state index in [-0.39, 0.29) is 21.4 Å². The molecule has 0 heterocycles. The predicted octanol–water partition coefficient (Wildman–Crippen LogP) is 4.68. The Bertz CT molecular complexity index is 683. The van der Waals surface area contributed by atoms with E-state index in [1.54, 1.807) is 6.07 Å². The van der Waals surface area contributed by atoms with Gasteiger partial charge in [-0.25, -0.2) is 4.79 Å². The van der Waals surface area contributed by atoms with Gasteiger partial charge in [0.2, 0.25) is 0 Å². The zero-order valence-electron chi connectivity index (χ0n) is 9.90. The first-order valence-electron chi connectivity index (χ1n) is 5.43. The maximum absolute atomic E-state index is 12.0. The monoisotopic (exact) mass is 328 g/mol. The first kappa shape index (κ1) is 14.9. The van der Waals surface area contributed by atoms with Crippen molar-refractivity contribution in [2.45, 2.75) is 0 Å². The molecule has 0 unspecified atom stereocenters. The van der Waals surface area contributed by atoms with Crippen molar-refractivity contribution in [1.29, 1.82) is 0 Å². The lowest BCUT2D eigenvalue weighted by molar-refractivity contribution is 0.0735. The second kappa shape index (κ2) is 6.27. The van der Waals surface area contributed by atoms with Gasteiger partial charge in [0.25, 0.3) is 0 Å². The number of halogens is 3. The zero-order valence-corrected chi connectivity index (χ0v) is 12.2. The molecule has 6 heteroatoms. The highest BCUT2D eigenvalue weighted by atomic mass is 35.5. The van der Waals surface area contributed by atoms with Gasteiger partial charge in [0.05, 0.1) is 15.6 Å². The van der Waals surface area contributed by atoms with E-state index in [1.165, 1.54) is 30.3 Å². The van der Waals surface area contributed by atoms with Gasteiger partial charge in [-0.2, -0.15) is 0 Å². The largest absolute Gasteiger partial charge is 0.421 e. The molecule has 3 nitrogen and oxygen atoms in total. The smallest absolute Gasteiger partial charge is 0.345 e. The third-order valence-corrected chi connectivity index (χ3v) is 3.30. The highest BCUT2D eigenvalue weighted by Crippen LogP contribution is 2.27. The van der Waals surface area contributed by atoms with Crippen molar-refractivity contribution in [3.05, 3.63) is 62.6 Å². The van der Waals surface area contributed by atoms with Crippen LogP contribution in [-0.2, 0) is 0 Å². The molecule has 0 aliphatic carbocycles. The Morgan fingerprint density at radius 3 is 2.40 bits per heavy atom. The molecule has 0 spiro atoms. The maximum atomic E-state index is 12.0. The maximum Gasteiger partial charge on any atom is 0.345 e. The van der Waals surface area contributed by atoms with Crippen LogP contribution in [0.4, 0.5) is 0 Å². The quantitative estimate of drug-likeness (QED) is 0.466. The Labute approximate surface area is 130 Å². The molecule has 0 saturated heterocycles. The van der Waals surface area contributed by atoms with E-state index in [9.17, 15) is 9.59 Å². The molecule has 2 aromatic carbocycles. The fourth-order valence-corrected chi connectivity index (χ4v) is 2.08. The molecule has 2 aromatic rings. The summed E-state index contributed by atoms with van der Waals surface area (Å²) in [6, 6.07) is 8.78. The summed E-state index contributed by atoms with van der Waals surface area (Å²) in [6.45, 7) is 0. The zero-order chi connectivity index (χ0) is 14.7. The fourth-order valence-electron chi connectivity index (χ4n) is 1.48. The Hall–Kier alpha value is -1.55. The van der Waals surface area contributed by atoms with E-state index >= 15 is 0 Å². The number of ether oxygens (including phenoxy) is 1. The van der Waals surface area contributed by atoms with Crippen LogP contribution in [0.2, 0.25) is 15.1 Å². The van der Waals surface area contributed by atoms with Gasteiger partial charge in [-0.15, -0.1) is 0 Å². The van der Waals surface area contributed by atoms with Gasteiger partial charge >= 0.3 is 5.97 Å². The van der Waals surface area contributed by atoms with Crippen LogP contribution in [0.3, 0.4) is 0 Å². The summed E-state index contributed by atoms with van der Waals surface area (Å²) >= 11 is 17.6. The van der Waals surface area contributed by atoms with Crippen molar-refractivity contribution in [2.75, 3.05) is 0 Å². The van der Waals surface area contributed by atoms with E-state index in [0.29, 0.717) is 16.9 Å². The number of hydrogen-bond donors (Lipinski definition) is 0. The standard InChI is InChI=1S/C14H7Cl3O3/c15-9-2-3-11(16)10(6-9)14(19)20-13-4-1-8(7-18)5-12(13)17/h1-7H.